The van der Waals surface area contributed by atoms with Crippen molar-refractivity contribution >= 4 is 17.7 Å². The molecule has 0 spiro atoms. The normalized spacial score (nSPS) is 25.6. The van der Waals surface area contributed by atoms with Crippen LogP contribution in [0.3, 0.4) is 0 Å². The summed E-state index contributed by atoms with van der Waals surface area (Å²) in [5, 5.41) is 0.271. The minimum Gasteiger partial charge on any atom is -0.426 e. The summed E-state index contributed by atoms with van der Waals surface area (Å²) in [6.45, 7) is 4.69. The molecule has 2 aliphatic rings. The molecule has 2 heterocycles. The molecule has 2 aromatic carbocycles. The van der Waals surface area contributed by atoms with Gasteiger partial charge in [-0.25, -0.2) is 0 Å². The van der Waals surface area contributed by atoms with E-state index >= 15 is 0 Å². The maximum Gasteiger partial charge on any atom is 0.317 e. The number of hydrogen-bond donors (Lipinski definition) is 0. The van der Waals surface area contributed by atoms with Gasteiger partial charge in [0.25, 0.3) is 0 Å². The fraction of sp³-hybridized carbons (Fsp3) is 0.350. The van der Waals surface area contributed by atoms with Gasteiger partial charge in [0.2, 0.25) is 0 Å². The highest BCUT2D eigenvalue weighted by Gasteiger charge is 2.44. The molecule has 2 aromatic rings. The Bertz CT molecular complexity index is 772. The van der Waals surface area contributed by atoms with Crippen LogP contribution < -0.4 is 4.74 Å². The largest absolute Gasteiger partial charge is 0.426 e. The van der Waals surface area contributed by atoms with Crippen LogP contribution in [0.5, 0.6) is 5.75 Å². The molecular weight excluding hydrogens is 320 g/mol. The Morgan fingerprint density at radius 1 is 1.04 bits per heavy atom. The first kappa shape index (κ1) is 15.7. The summed E-state index contributed by atoms with van der Waals surface area (Å²) in [5.41, 5.74) is 3.18. The number of aryl methyl sites for hydroxylation is 2. The first-order valence-corrected chi connectivity index (χ1v) is 9.16. The predicted molar refractivity (Wildman–Crippen MR) is 94.4 cm³/mol. The number of carbonyl (C=O) groups excluding carboxylic acids is 1. The van der Waals surface area contributed by atoms with E-state index in [1.165, 1.54) is 4.90 Å². The summed E-state index contributed by atoms with van der Waals surface area (Å²) in [6.07, 6.45) is 0.615. The maximum atomic E-state index is 12.5. The second kappa shape index (κ2) is 6.26. The Morgan fingerprint density at radius 2 is 1.79 bits per heavy atom. The van der Waals surface area contributed by atoms with Crippen molar-refractivity contribution in [3.63, 3.8) is 0 Å². The molecule has 3 nitrogen and oxygen atoms in total. The van der Waals surface area contributed by atoms with E-state index in [2.05, 4.69) is 25.1 Å². The molecule has 124 valence electrons. The average molecular weight is 340 g/mol. The van der Waals surface area contributed by atoms with Crippen molar-refractivity contribution in [3.05, 3.63) is 59.2 Å². The highest BCUT2D eigenvalue weighted by molar-refractivity contribution is 8.00. The Balaban J connectivity index is 1.59. The molecule has 1 saturated heterocycles. The van der Waals surface area contributed by atoms with Gasteiger partial charge in [-0.2, -0.15) is 0 Å². The van der Waals surface area contributed by atoms with Crippen LogP contribution >= 0.6 is 11.8 Å². The van der Waals surface area contributed by atoms with Crippen molar-refractivity contribution in [2.45, 2.75) is 36.5 Å². The van der Waals surface area contributed by atoms with E-state index in [0.29, 0.717) is 12.4 Å². The third-order valence-electron chi connectivity index (χ3n) is 4.79. The molecule has 0 N–H and O–H groups in total. The van der Waals surface area contributed by atoms with Crippen LogP contribution in [0.4, 0.5) is 0 Å². The quantitative estimate of drug-likeness (QED) is 0.597. The van der Waals surface area contributed by atoms with Gasteiger partial charge in [0.15, 0.2) is 0 Å². The average Bonchev–Trinajstić information content (AvgIpc) is 2.59. The minimum atomic E-state index is -0.215. The molecule has 3 atom stereocenters. The first-order valence-electron chi connectivity index (χ1n) is 8.28. The fourth-order valence-electron chi connectivity index (χ4n) is 3.55. The van der Waals surface area contributed by atoms with Crippen LogP contribution in [0.1, 0.15) is 29.2 Å². The van der Waals surface area contributed by atoms with E-state index in [9.17, 15) is 4.79 Å². The lowest BCUT2D eigenvalue weighted by molar-refractivity contribution is -0.152. The van der Waals surface area contributed by atoms with Crippen molar-refractivity contribution in [1.82, 2.24) is 0 Å². The summed E-state index contributed by atoms with van der Waals surface area (Å²) in [4.78, 5) is 13.8. The van der Waals surface area contributed by atoms with Gasteiger partial charge in [0.05, 0.1) is 18.6 Å². The van der Waals surface area contributed by atoms with Crippen LogP contribution in [-0.2, 0) is 9.53 Å². The summed E-state index contributed by atoms with van der Waals surface area (Å²) in [6, 6.07) is 14.4. The van der Waals surface area contributed by atoms with E-state index in [1.807, 2.05) is 31.2 Å². The number of thioether (sulfide) groups is 1. The molecule has 1 fully saturated rings. The van der Waals surface area contributed by atoms with Gasteiger partial charge in [0, 0.05) is 15.7 Å². The Kier molecular flexibility index (Phi) is 4.10. The van der Waals surface area contributed by atoms with Crippen molar-refractivity contribution in [2.75, 3.05) is 6.61 Å². The zero-order chi connectivity index (χ0) is 16.7. The highest BCUT2D eigenvalue weighted by Crippen LogP contribution is 2.47. The SMILES string of the molecule is Cc1ccc(C)c2c1OC(=O)C1CC(Sc3ccccc3)COC21. The molecule has 0 radical (unpaired) electrons. The van der Waals surface area contributed by atoms with E-state index in [4.69, 9.17) is 9.47 Å². The van der Waals surface area contributed by atoms with Crippen molar-refractivity contribution in [2.24, 2.45) is 5.92 Å². The molecule has 4 heteroatoms. The topological polar surface area (TPSA) is 35.5 Å². The van der Waals surface area contributed by atoms with Gasteiger partial charge in [0.1, 0.15) is 5.75 Å². The molecule has 2 aliphatic heterocycles. The molecule has 0 saturated carbocycles. The second-order valence-corrected chi connectivity index (χ2v) is 7.89. The third-order valence-corrected chi connectivity index (χ3v) is 6.00. The number of hydrogen-bond acceptors (Lipinski definition) is 4. The smallest absolute Gasteiger partial charge is 0.317 e. The molecule has 4 rings (SSSR count). The summed E-state index contributed by atoms with van der Waals surface area (Å²) >= 11 is 1.78. The summed E-state index contributed by atoms with van der Waals surface area (Å²) < 4.78 is 11.9. The van der Waals surface area contributed by atoms with Gasteiger partial charge in [-0.15, -0.1) is 11.8 Å². The third kappa shape index (κ3) is 2.74. The number of benzene rings is 2. The zero-order valence-electron chi connectivity index (χ0n) is 13.8. The lowest BCUT2D eigenvalue weighted by atomic mass is 9.84. The lowest BCUT2D eigenvalue weighted by Gasteiger charge is -2.39. The number of ether oxygens (including phenoxy) is 2. The van der Waals surface area contributed by atoms with Crippen LogP contribution in [-0.4, -0.2) is 17.8 Å². The van der Waals surface area contributed by atoms with Crippen LogP contribution in [0.15, 0.2) is 47.4 Å². The minimum absolute atomic E-state index is 0.153. The Hall–Kier alpha value is -1.78. The number of esters is 1. The monoisotopic (exact) mass is 340 g/mol. The van der Waals surface area contributed by atoms with Gasteiger partial charge < -0.3 is 9.47 Å². The molecule has 0 aliphatic carbocycles. The van der Waals surface area contributed by atoms with Gasteiger partial charge in [-0.05, 0) is 43.5 Å². The van der Waals surface area contributed by atoms with E-state index < -0.39 is 0 Å². The van der Waals surface area contributed by atoms with E-state index in [-0.39, 0.29) is 23.2 Å². The van der Waals surface area contributed by atoms with Gasteiger partial charge in [-0.1, -0.05) is 30.3 Å². The lowest BCUT2D eigenvalue weighted by Crippen LogP contribution is -2.41. The maximum absolute atomic E-state index is 12.5. The highest BCUT2D eigenvalue weighted by atomic mass is 32.2. The molecule has 24 heavy (non-hydrogen) atoms. The van der Waals surface area contributed by atoms with E-state index in [1.54, 1.807) is 11.8 Å². The van der Waals surface area contributed by atoms with Crippen molar-refractivity contribution in [3.8, 4) is 5.75 Å². The summed E-state index contributed by atoms with van der Waals surface area (Å²) in [5.74, 6) is 0.336. The standard InChI is InChI=1S/C20H20O3S/c1-12-8-9-13(2)18-17(12)19-16(20(21)23-18)10-15(11-22-19)24-14-6-4-3-5-7-14/h3-9,15-16,19H,10-11H2,1-2H3. The Labute approximate surface area is 146 Å². The van der Waals surface area contributed by atoms with Crippen LogP contribution in [0.2, 0.25) is 0 Å². The van der Waals surface area contributed by atoms with Crippen molar-refractivity contribution < 1.29 is 14.3 Å². The van der Waals surface area contributed by atoms with Gasteiger partial charge in [-0.3, -0.25) is 4.79 Å². The number of carbonyl (C=O) groups is 1. The second-order valence-electron chi connectivity index (χ2n) is 6.51. The predicted octanol–water partition coefficient (Wildman–Crippen LogP) is 4.46. The number of fused-ring (bicyclic) bond motifs is 3. The summed E-state index contributed by atoms with van der Waals surface area (Å²) in [7, 11) is 0. The molecule has 3 unspecified atom stereocenters. The molecule has 0 amide bonds. The van der Waals surface area contributed by atoms with E-state index in [0.717, 1.165) is 23.1 Å². The zero-order valence-corrected chi connectivity index (χ0v) is 14.6. The van der Waals surface area contributed by atoms with Crippen LogP contribution in [0.25, 0.3) is 0 Å². The van der Waals surface area contributed by atoms with Gasteiger partial charge >= 0.3 is 5.97 Å². The first-order chi connectivity index (χ1) is 11.6. The fourth-order valence-corrected chi connectivity index (χ4v) is 4.70. The molecule has 0 bridgehead atoms. The number of rotatable bonds is 2. The Morgan fingerprint density at radius 3 is 2.58 bits per heavy atom. The molecular formula is C20H20O3S. The molecule has 0 aromatic heterocycles. The van der Waals surface area contributed by atoms with Crippen LogP contribution in [0, 0.1) is 19.8 Å². The van der Waals surface area contributed by atoms with Crippen molar-refractivity contribution in [1.29, 1.82) is 0 Å².